The van der Waals surface area contributed by atoms with E-state index in [1.165, 1.54) is 10.6 Å². The van der Waals surface area contributed by atoms with Crippen LogP contribution in [-0.2, 0) is 6.54 Å². The van der Waals surface area contributed by atoms with Crippen LogP contribution in [0.2, 0.25) is 0 Å². The van der Waals surface area contributed by atoms with Gasteiger partial charge in [0.1, 0.15) is 0 Å². The molecule has 0 aromatic carbocycles. The molecule has 1 aromatic rings. The van der Waals surface area contributed by atoms with E-state index in [9.17, 15) is 0 Å². The maximum absolute atomic E-state index is 5.22. The largest absolute Gasteiger partial charge is 0.320 e. The molecule has 0 amide bonds. The van der Waals surface area contributed by atoms with Gasteiger partial charge in [-0.05, 0) is 20.8 Å². The average molecular weight is 171 g/mol. The summed E-state index contributed by atoms with van der Waals surface area (Å²) in [7, 11) is 0. The molecular weight excluding hydrogens is 158 g/mol. The molecule has 1 heterocycles. The molecule has 2 N–H and O–H groups in total. The Labute approximate surface area is 70.2 Å². The molecule has 0 saturated heterocycles. The lowest BCUT2D eigenvalue weighted by Crippen LogP contribution is -2.16. The quantitative estimate of drug-likeness (QED) is 0.496. The Morgan fingerprint density at radius 2 is 2.18 bits per heavy atom. The Balaban J connectivity index is 3.39. The number of nitrogens with zero attached hydrogens (tertiary/aromatic N) is 2. The first kappa shape index (κ1) is 8.33. The van der Waals surface area contributed by atoms with Crippen molar-refractivity contribution in [2.75, 3.05) is 0 Å². The van der Waals surface area contributed by atoms with Crippen molar-refractivity contribution in [3.8, 4) is 0 Å². The van der Waals surface area contributed by atoms with E-state index >= 15 is 0 Å². The van der Waals surface area contributed by atoms with Gasteiger partial charge in [0, 0.05) is 17.1 Å². The normalized spacial score (nSPS) is 12.5. The Morgan fingerprint density at radius 1 is 1.55 bits per heavy atom. The van der Waals surface area contributed by atoms with Gasteiger partial charge >= 0.3 is 0 Å². The summed E-state index contributed by atoms with van der Waals surface area (Å²) in [6, 6.07) is 0. The highest BCUT2D eigenvalue weighted by molar-refractivity contribution is 7.09. The molecule has 62 valence electrons. The molecule has 3 nitrogen and oxygen atoms in total. The molecule has 0 spiro atoms. The van der Waals surface area contributed by atoms with Crippen LogP contribution in [0.3, 0.4) is 0 Å². The SMILES string of the molecule is CCn1c(C)c(C)s/c1=N/N. The van der Waals surface area contributed by atoms with Crippen LogP contribution in [0.4, 0.5) is 0 Å². The van der Waals surface area contributed by atoms with Gasteiger partial charge in [0.05, 0.1) is 0 Å². The van der Waals surface area contributed by atoms with Gasteiger partial charge in [-0.1, -0.05) is 0 Å². The number of hydrogen-bond donors (Lipinski definition) is 1. The van der Waals surface area contributed by atoms with Crippen LogP contribution in [-0.4, -0.2) is 4.57 Å². The minimum Gasteiger partial charge on any atom is -0.320 e. The first-order chi connectivity index (χ1) is 5.20. The third-order valence-electron chi connectivity index (χ3n) is 1.82. The summed E-state index contributed by atoms with van der Waals surface area (Å²) >= 11 is 1.64. The van der Waals surface area contributed by atoms with E-state index < -0.39 is 0 Å². The Morgan fingerprint density at radius 3 is 2.55 bits per heavy atom. The molecule has 11 heavy (non-hydrogen) atoms. The highest BCUT2D eigenvalue weighted by atomic mass is 32.1. The van der Waals surface area contributed by atoms with E-state index in [4.69, 9.17) is 5.84 Å². The van der Waals surface area contributed by atoms with Crippen molar-refractivity contribution < 1.29 is 0 Å². The standard InChI is InChI=1S/C7H13N3S/c1-4-10-5(2)6(3)11-7(10)9-8/h4,8H2,1-3H3/b9-7+. The molecule has 0 aliphatic carbocycles. The number of aryl methyl sites for hydroxylation is 1. The summed E-state index contributed by atoms with van der Waals surface area (Å²) in [5.74, 6) is 5.22. The summed E-state index contributed by atoms with van der Waals surface area (Å²) in [5.41, 5.74) is 1.27. The lowest BCUT2D eigenvalue weighted by atomic mass is 10.4. The van der Waals surface area contributed by atoms with Gasteiger partial charge in [-0.15, -0.1) is 11.3 Å². The summed E-state index contributed by atoms with van der Waals surface area (Å²) < 4.78 is 2.11. The van der Waals surface area contributed by atoms with Crippen LogP contribution in [0.15, 0.2) is 5.10 Å². The molecule has 0 fully saturated rings. The second-order valence-corrected chi connectivity index (χ2v) is 3.58. The third kappa shape index (κ3) is 1.30. The fraction of sp³-hybridized carbons (Fsp3) is 0.571. The zero-order chi connectivity index (χ0) is 8.43. The zero-order valence-electron chi connectivity index (χ0n) is 7.09. The molecule has 0 saturated carbocycles. The van der Waals surface area contributed by atoms with Gasteiger partial charge < -0.3 is 10.4 Å². The number of nitrogens with two attached hydrogens (primary N) is 1. The van der Waals surface area contributed by atoms with Crippen LogP contribution in [0.25, 0.3) is 0 Å². The molecule has 0 aliphatic heterocycles. The van der Waals surface area contributed by atoms with Crippen molar-refractivity contribution in [1.29, 1.82) is 0 Å². The maximum Gasteiger partial charge on any atom is 0.207 e. The molecule has 1 rings (SSSR count). The highest BCUT2D eigenvalue weighted by Crippen LogP contribution is 2.08. The van der Waals surface area contributed by atoms with Gasteiger partial charge in [0.15, 0.2) is 0 Å². The number of hydrogen-bond acceptors (Lipinski definition) is 3. The molecule has 4 heteroatoms. The molecule has 1 aromatic heterocycles. The van der Waals surface area contributed by atoms with Crippen LogP contribution in [0.1, 0.15) is 17.5 Å². The smallest absolute Gasteiger partial charge is 0.207 e. The van der Waals surface area contributed by atoms with Crippen molar-refractivity contribution in [2.45, 2.75) is 27.3 Å². The molecular formula is C7H13N3S. The Hall–Kier alpha value is -0.770. The Bertz CT molecular complexity index is 308. The molecule has 0 bridgehead atoms. The summed E-state index contributed by atoms with van der Waals surface area (Å²) in [6.07, 6.45) is 0. The van der Waals surface area contributed by atoms with Gasteiger partial charge in [0.2, 0.25) is 4.80 Å². The van der Waals surface area contributed by atoms with Crippen molar-refractivity contribution in [2.24, 2.45) is 10.9 Å². The second-order valence-electron chi connectivity index (χ2n) is 2.40. The van der Waals surface area contributed by atoms with Crippen LogP contribution >= 0.6 is 11.3 Å². The van der Waals surface area contributed by atoms with E-state index in [0.29, 0.717) is 0 Å². The zero-order valence-corrected chi connectivity index (χ0v) is 7.90. The maximum atomic E-state index is 5.22. The molecule has 0 aliphatic rings. The first-order valence-electron chi connectivity index (χ1n) is 3.61. The Kier molecular flexibility index (Phi) is 2.34. The highest BCUT2D eigenvalue weighted by Gasteiger charge is 2.02. The topological polar surface area (TPSA) is 43.3 Å². The van der Waals surface area contributed by atoms with Crippen molar-refractivity contribution >= 4 is 11.3 Å². The first-order valence-corrected chi connectivity index (χ1v) is 4.43. The summed E-state index contributed by atoms with van der Waals surface area (Å²) in [5, 5.41) is 3.70. The van der Waals surface area contributed by atoms with E-state index in [1.807, 2.05) is 0 Å². The fourth-order valence-corrected chi connectivity index (χ4v) is 2.03. The van der Waals surface area contributed by atoms with E-state index in [1.54, 1.807) is 11.3 Å². The van der Waals surface area contributed by atoms with Crippen molar-refractivity contribution in [3.63, 3.8) is 0 Å². The summed E-state index contributed by atoms with van der Waals surface area (Å²) in [6.45, 7) is 7.20. The number of rotatable bonds is 1. The summed E-state index contributed by atoms with van der Waals surface area (Å²) in [4.78, 5) is 2.19. The van der Waals surface area contributed by atoms with Gasteiger partial charge in [-0.2, -0.15) is 5.10 Å². The van der Waals surface area contributed by atoms with Crippen LogP contribution in [0.5, 0.6) is 0 Å². The van der Waals surface area contributed by atoms with Gasteiger partial charge in [0.25, 0.3) is 0 Å². The van der Waals surface area contributed by atoms with Crippen molar-refractivity contribution in [3.05, 3.63) is 15.4 Å². The minimum absolute atomic E-state index is 0.905. The second kappa shape index (κ2) is 3.09. The predicted molar refractivity (Wildman–Crippen MR) is 47.2 cm³/mol. The monoisotopic (exact) mass is 171 g/mol. The average Bonchev–Trinajstić information content (AvgIpc) is 2.28. The lowest BCUT2D eigenvalue weighted by Gasteiger charge is -1.99. The molecule has 0 unspecified atom stereocenters. The third-order valence-corrected chi connectivity index (χ3v) is 2.93. The fourth-order valence-electron chi connectivity index (χ4n) is 1.07. The van der Waals surface area contributed by atoms with Gasteiger partial charge in [-0.3, -0.25) is 0 Å². The number of aromatic nitrogens is 1. The van der Waals surface area contributed by atoms with Crippen LogP contribution in [0, 0.1) is 13.8 Å². The van der Waals surface area contributed by atoms with Crippen molar-refractivity contribution in [1.82, 2.24) is 4.57 Å². The molecule has 0 radical (unpaired) electrons. The van der Waals surface area contributed by atoms with E-state index in [-0.39, 0.29) is 0 Å². The number of thiazole rings is 1. The predicted octanol–water partition coefficient (Wildman–Crippen LogP) is 0.961. The van der Waals surface area contributed by atoms with E-state index in [2.05, 4.69) is 30.4 Å². The van der Waals surface area contributed by atoms with Gasteiger partial charge in [-0.25, -0.2) is 0 Å². The van der Waals surface area contributed by atoms with E-state index in [0.717, 1.165) is 11.3 Å². The van der Waals surface area contributed by atoms with Crippen LogP contribution < -0.4 is 10.6 Å². The molecule has 0 atom stereocenters. The minimum atomic E-state index is 0.905. The lowest BCUT2D eigenvalue weighted by molar-refractivity contribution is 0.702.